The summed E-state index contributed by atoms with van der Waals surface area (Å²) in [5.41, 5.74) is 0.737. The van der Waals surface area contributed by atoms with Gasteiger partial charge in [-0.05, 0) is 32.9 Å². The zero-order chi connectivity index (χ0) is 27.1. The molecule has 0 saturated heterocycles. The molecule has 3 rings (SSSR count). The molecule has 0 aliphatic rings. The summed E-state index contributed by atoms with van der Waals surface area (Å²) in [5.74, 6) is -1.26. The predicted molar refractivity (Wildman–Crippen MR) is 134 cm³/mol. The normalized spacial score (nSPS) is 13.6. The molecule has 0 aliphatic carbocycles. The van der Waals surface area contributed by atoms with Crippen molar-refractivity contribution in [1.29, 1.82) is 0 Å². The second-order valence-electron chi connectivity index (χ2n) is 9.50. The molecule has 0 unspecified atom stereocenters. The number of aromatic nitrogens is 2. The Morgan fingerprint density at radius 2 is 1.86 bits per heavy atom. The van der Waals surface area contributed by atoms with Gasteiger partial charge in [-0.2, -0.15) is 0 Å². The summed E-state index contributed by atoms with van der Waals surface area (Å²) in [6, 6.07) is 3.97. The van der Waals surface area contributed by atoms with Gasteiger partial charge in [0.2, 0.25) is 10.0 Å². The van der Waals surface area contributed by atoms with Crippen molar-refractivity contribution >= 4 is 31.2 Å². The molecule has 0 saturated carbocycles. The van der Waals surface area contributed by atoms with Crippen molar-refractivity contribution in [2.45, 2.75) is 37.3 Å². The molecule has 2 heterocycles. The molecule has 0 bridgehead atoms. The van der Waals surface area contributed by atoms with E-state index < -0.39 is 30.4 Å². The van der Waals surface area contributed by atoms with Gasteiger partial charge in [-0.15, -0.1) is 0 Å². The van der Waals surface area contributed by atoms with Crippen molar-refractivity contribution in [3.8, 4) is 22.8 Å². The first-order chi connectivity index (χ1) is 16.6. The number of hydrogen-bond donors (Lipinski definition) is 2. The first-order valence-electron chi connectivity index (χ1n) is 10.9. The number of hydrogen-bond acceptors (Lipinski definition) is 8. The third kappa shape index (κ3) is 5.57. The summed E-state index contributed by atoms with van der Waals surface area (Å²) in [5, 5.41) is 9.33. The van der Waals surface area contributed by atoms with Crippen LogP contribution in [-0.4, -0.2) is 62.7 Å². The van der Waals surface area contributed by atoms with E-state index in [4.69, 9.17) is 9.47 Å². The number of benzene rings is 1. The minimum atomic E-state index is -3.90. The van der Waals surface area contributed by atoms with Crippen LogP contribution in [0.25, 0.3) is 16.9 Å². The summed E-state index contributed by atoms with van der Waals surface area (Å²) < 4.78 is 78.6. The van der Waals surface area contributed by atoms with Crippen LogP contribution >= 0.6 is 0 Å². The number of halogens is 1. The minimum Gasteiger partial charge on any atom is -0.492 e. The van der Waals surface area contributed by atoms with E-state index in [9.17, 15) is 26.3 Å². The van der Waals surface area contributed by atoms with Crippen molar-refractivity contribution in [3.05, 3.63) is 36.4 Å². The summed E-state index contributed by atoms with van der Waals surface area (Å²) in [4.78, 5) is 4.21. The number of anilines is 1. The number of sulfonamides is 1. The average molecular weight is 544 g/mol. The molecule has 2 aromatic heterocycles. The maximum absolute atomic E-state index is 14.9. The molecule has 0 amide bonds. The SMILES string of the molecule is COc1c(F)cc(-c2cnc3cc(OC[C@@H](C)CO)c(S(=O)(=O)C(C)(C)C)cn23)cc1NS(C)(=O)=O. The highest BCUT2D eigenvalue weighted by Crippen LogP contribution is 2.37. The van der Waals surface area contributed by atoms with Gasteiger partial charge in [-0.1, -0.05) is 6.92 Å². The number of imidazole rings is 1. The molecule has 1 atom stereocenters. The minimum absolute atomic E-state index is 0.0789. The Morgan fingerprint density at radius 1 is 1.19 bits per heavy atom. The third-order valence-corrected chi connectivity index (χ3v) is 8.43. The predicted octanol–water partition coefficient (Wildman–Crippen LogP) is 3.10. The van der Waals surface area contributed by atoms with Crippen molar-refractivity contribution < 1.29 is 35.8 Å². The maximum Gasteiger partial charge on any atom is 0.229 e. The maximum atomic E-state index is 14.9. The molecular weight excluding hydrogens is 513 g/mol. The number of sulfone groups is 1. The Kier molecular flexibility index (Phi) is 7.59. The lowest BCUT2D eigenvalue weighted by Crippen LogP contribution is -2.29. The number of nitrogens with zero attached hydrogens (tertiary/aromatic N) is 2. The number of pyridine rings is 1. The number of aliphatic hydroxyl groups excluding tert-OH is 1. The summed E-state index contributed by atoms with van der Waals surface area (Å²) in [7, 11) is -6.44. The fourth-order valence-electron chi connectivity index (χ4n) is 3.35. The van der Waals surface area contributed by atoms with E-state index in [-0.39, 0.29) is 46.8 Å². The van der Waals surface area contributed by atoms with Crippen LogP contribution in [-0.2, 0) is 19.9 Å². The molecule has 0 spiro atoms. The summed E-state index contributed by atoms with van der Waals surface area (Å²) in [6.07, 6.45) is 3.69. The van der Waals surface area contributed by atoms with E-state index in [0.717, 1.165) is 12.3 Å². The van der Waals surface area contributed by atoms with Crippen LogP contribution in [0, 0.1) is 11.7 Å². The van der Waals surface area contributed by atoms with Crippen LogP contribution in [0.3, 0.4) is 0 Å². The second kappa shape index (κ2) is 9.87. The van der Waals surface area contributed by atoms with Gasteiger partial charge in [0.25, 0.3) is 0 Å². The zero-order valence-corrected chi connectivity index (χ0v) is 22.5. The van der Waals surface area contributed by atoms with E-state index in [1.54, 1.807) is 27.7 Å². The topological polar surface area (TPSA) is 136 Å². The lowest BCUT2D eigenvalue weighted by molar-refractivity contribution is 0.172. The average Bonchev–Trinajstić information content (AvgIpc) is 3.17. The fourth-order valence-corrected chi connectivity index (χ4v) is 5.19. The van der Waals surface area contributed by atoms with Gasteiger partial charge < -0.3 is 14.6 Å². The van der Waals surface area contributed by atoms with Crippen LogP contribution in [0.5, 0.6) is 11.5 Å². The molecule has 1 aromatic carbocycles. The number of nitrogens with one attached hydrogen (secondary N) is 1. The molecule has 0 aliphatic heterocycles. The number of methoxy groups -OCH3 is 1. The summed E-state index contributed by atoms with van der Waals surface area (Å²) >= 11 is 0. The lowest BCUT2D eigenvalue weighted by atomic mass is 10.1. The van der Waals surface area contributed by atoms with Crippen LogP contribution in [0.2, 0.25) is 0 Å². The molecule has 36 heavy (non-hydrogen) atoms. The first kappa shape index (κ1) is 27.7. The van der Waals surface area contributed by atoms with Crippen molar-refractivity contribution in [1.82, 2.24) is 9.38 Å². The van der Waals surface area contributed by atoms with Crippen molar-refractivity contribution in [2.75, 3.05) is 31.3 Å². The smallest absolute Gasteiger partial charge is 0.229 e. The van der Waals surface area contributed by atoms with Gasteiger partial charge in [-0.3, -0.25) is 9.12 Å². The fraction of sp³-hybridized carbons (Fsp3) is 0.435. The van der Waals surface area contributed by atoms with Crippen LogP contribution < -0.4 is 14.2 Å². The quantitative estimate of drug-likeness (QED) is 0.420. The molecule has 0 fully saturated rings. The Hall–Kier alpha value is -2.90. The van der Waals surface area contributed by atoms with Gasteiger partial charge in [0.1, 0.15) is 16.3 Å². The Balaban J connectivity index is 2.27. The summed E-state index contributed by atoms with van der Waals surface area (Å²) in [6.45, 7) is 6.38. The third-order valence-electron chi connectivity index (χ3n) is 5.34. The van der Waals surface area contributed by atoms with Gasteiger partial charge in [-0.25, -0.2) is 26.2 Å². The van der Waals surface area contributed by atoms with Gasteiger partial charge >= 0.3 is 0 Å². The molecule has 13 heteroatoms. The Labute approximate surface area is 210 Å². The van der Waals surface area contributed by atoms with E-state index in [2.05, 4.69) is 9.71 Å². The largest absolute Gasteiger partial charge is 0.492 e. The monoisotopic (exact) mass is 543 g/mol. The highest BCUT2D eigenvalue weighted by atomic mass is 32.2. The van der Waals surface area contributed by atoms with E-state index in [1.165, 1.54) is 36.0 Å². The standard InChI is InChI=1S/C23H30FN3O7S2/c1-14(12-28)13-34-19-9-21-25-10-18(27(21)11-20(19)36(31,32)23(2,3)4)15-7-16(24)22(33-5)17(8-15)26-35(6,29)30/h7-11,14,26,28H,12-13H2,1-6H3/t14-/m0/s1. The number of aliphatic hydroxyl groups is 1. The van der Waals surface area contributed by atoms with Crippen LogP contribution in [0.15, 0.2) is 35.5 Å². The second-order valence-corrected chi connectivity index (χ2v) is 13.9. The van der Waals surface area contributed by atoms with E-state index >= 15 is 0 Å². The van der Waals surface area contributed by atoms with Gasteiger partial charge in [0.05, 0.1) is 42.3 Å². The van der Waals surface area contributed by atoms with Crippen molar-refractivity contribution in [2.24, 2.45) is 5.92 Å². The first-order valence-corrected chi connectivity index (χ1v) is 14.3. The molecule has 3 aromatic rings. The molecule has 2 N–H and O–H groups in total. The number of ether oxygens (including phenoxy) is 2. The molecule has 10 nitrogen and oxygen atoms in total. The van der Waals surface area contributed by atoms with Crippen LogP contribution in [0.1, 0.15) is 27.7 Å². The van der Waals surface area contributed by atoms with Crippen molar-refractivity contribution in [3.63, 3.8) is 0 Å². The van der Waals surface area contributed by atoms with E-state index in [1.807, 2.05) is 0 Å². The molecule has 0 radical (unpaired) electrons. The molecular formula is C23H30FN3O7S2. The number of fused-ring (bicyclic) bond motifs is 1. The highest BCUT2D eigenvalue weighted by molar-refractivity contribution is 7.93. The van der Waals surface area contributed by atoms with Gasteiger partial charge in [0.15, 0.2) is 21.4 Å². The van der Waals surface area contributed by atoms with E-state index in [0.29, 0.717) is 11.3 Å². The zero-order valence-electron chi connectivity index (χ0n) is 20.9. The highest BCUT2D eigenvalue weighted by Gasteiger charge is 2.34. The number of rotatable bonds is 9. The van der Waals surface area contributed by atoms with Crippen LogP contribution in [0.4, 0.5) is 10.1 Å². The Bertz CT molecular complexity index is 1490. The lowest BCUT2D eigenvalue weighted by Gasteiger charge is -2.22. The molecule has 198 valence electrons. The van der Waals surface area contributed by atoms with Gasteiger partial charge in [0, 0.05) is 30.4 Å². The Morgan fingerprint density at radius 3 is 2.42 bits per heavy atom.